The van der Waals surface area contributed by atoms with Gasteiger partial charge in [0.15, 0.2) is 36.8 Å². The first-order valence-corrected chi connectivity index (χ1v) is 11.9. The van der Waals surface area contributed by atoms with Crippen LogP contribution in [0.15, 0.2) is 12.3 Å². The number of hydrogen-bond donors (Lipinski definition) is 0. The van der Waals surface area contributed by atoms with Gasteiger partial charge in [-0.1, -0.05) is 0 Å². The van der Waals surface area contributed by atoms with Gasteiger partial charge < -0.3 is 42.6 Å². The minimum Gasteiger partial charge on any atom is -0.492 e. The maximum atomic E-state index is 12.0. The third kappa shape index (κ3) is 9.83. The fourth-order valence-corrected chi connectivity index (χ4v) is 3.87. The summed E-state index contributed by atoms with van der Waals surface area (Å²) in [6, 6.07) is 0. The molecule has 2 rings (SSSR count). The van der Waals surface area contributed by atoms with Gasteiger partial charge in [-0.15, -0.1) is 0 Å². The number of carbonyl (C=O) groups excluding carboxylic acids is 6. The van der Waals surface area contributed by atoms with Crippen LogP contribution < -0.4 is 0 Å². The Bertz CT molecular complexity index is 959. The Hall–Kier alpha value is -3.72. The van der Waals surface area contributed by atoms with Gasteiger partial charge in [-0.3, -0.25) is 28.8 Å². The maximum Gasteiger partial charge on any atom is 0.303 e. The highest BCUT2D eigenvalue weighted by Crippen LogP contribution is 2.32. The molecular formula is C24H32O15. The van der Waals surface area contributed by atoms with Gasteiger partial charge in [0.05, 0.1) is 6.26 Å². The summed E-state index contributed by atoms with van der Waals surface area (Å²) in [4.78, 5) is 70.6. The lowest BCUT2D eigenvalue weighted by atomic mass is 9.97. The van der Waals surface area contributed by atoms with E-state index in [1.54, 1.807) is 0 Å². The SMILES string of the molecule is CC(=O)OC[C@@H]1OC=C[C@@H](OC(C)=O)[C@@H]1O[C@H]1O[C@@H](COC(C)=O)[C@@H](OC(C)=O)[C@@H](OC(C)=O)[C@H]1OC(C)=O. The predicted molar refractivity (Wildman–Crippen MR) is 123 cm³/mol. The first-order chi connectivity index (χ1) is 18.3. The molecule has 0 aromatic rings. The quantitative estimate of drug-likeness (QED) is 0.254. The number of rotatable bonds is 10. The molecule has 0 aliphatic carbocycles. The number of carbonyl (C=O) groups is 6. The van der Waals surface area contributed by atoms with Gasteiger partial charge in [-0.05, 0) is 6.08 Å². The summed E-state index contributed by atoms with van der Waals surface area (Å²) >= 11 is 0. The maximum absolute atomic E-state index is 12.0. The zero-order valence-corrected chi connectivity index (χ0v) is 22.3. The van der Waals surface area contributed by atoms with Crippen LogP contribution in [0.2, 0.25) is 0 Å². The van der Waals surface area contributed by atoms with Crippen LogP contribution in [-0.4, -0.2) is 98.0 Å². The van der Waals surface area contributed by atoms with Gasteiger partial charge in [0.25, 0.3) is 0 Å². The van der Waals surface area contributed by atoms with Gasteiger partial charge >= 0.3 is 35.8 Å². The number of ether oxygens (including phenoxy) is 9. The molecule has 8 atom stereocenters. The molecule has 1 fully saturated rings. The Balaban J connectivity index is 2.52. The normalized spacial score (nSPS) is 29.7. The monoisotopic (exact) mass is 560 g/mol. The van der Waals surface area contributed by atoms with Crippen molar-refractivity contribution in [3.8, 4) is 0 Å². The highest BCUT2D eigenvalue weighted by atomic mass is 16.7. The average molecular weight is 561 g/mol. The van der Waals surface area contributed by atoms with Gasteiger partial charge in [0, 0.05) is 41.5 Å². The van der Waals surface area contributed by atoms with Crippen molar-refractivity contribution in [3.05, 3.63) is 12.3 Å². The molecule has 0 aromatic carbocycles. The summed E-state index contributed by atoms with van der Waals surface area (Å²) in [5.41, 5.74) is 0. The van der Waals surface area contributed by atoms with E-state index in [9.17, 15) is 28.8 Å². The lowest BCUT2D eigenvalue weighted by Gasteiger charge is -2.46. The van der Waals surface area contributed by atoms with Crippen molar-refractivity contribution in [3.63, 3.8) is 0 Å². The van der Waals surface area contributed by atoms with E-state index in [2.05, 4.69) is 0 Å². The van der Waals surface area contributed by atoms with Crippen molar-refractivity contribution in [2.45, 2.75) is 90.6 Å². The van der Waals surface area contributed by atoms with E-state index in [1.807, 2.05) is 0 Å². The lowest BCUT2D eigenvalue weighted by Crippen LogP contribution is -2.64. The Kier molecular flexibility index (Phi) is 11.7. The van der Waals surface area contributed by atoms with Crippen molar-refractivity contribution < 1.29 is 71.4 Å². The second-order valence-corrected chi connectivity index (χ2v) is 8.55. The minimum atomic E-state index is -1.58. The van der Waals surface area contributed by atoms with E-state index in [0.29, 0.717) is 0 Å². The standard InChI is InChI=1S/C24H32O15/c1-11(25)32-9-18-20(17(7-8-31-18)34-13(3)27)39-24-23(37-16(6)30)22(36-15(5)29)21(35-14(4)28)19(38-24)10-33-12(2)26/h7-8,17-24H,9-10H2,1-6H3/t17-,18+,19+,20+,21-,22-,23-,24-/m1/s1. The first kappa shape index (κ1) is 31.5. The van der Waals surface area contributed by atoms with Crippen LogP contribution in [0.4, 0.5) is 0 Å². The summed E-state index contributed by atoms with van der Waals surface area (Å²) in [6.07, 6.45) is -7.97. The molecule has 0 N–H and O–H groups in total. The Morgan fingerprint density at radius 2 is 1.08 bits per heavy atom. The van der Waals surface area contributed by atoms with Crippen LogP contribution in [0.5, 0.6) is 0 Å². The molecule has 39 heavy (non-hydrogen) atoms. The molecule has 0 saturated carbocycles. The van der Waals surface area contributed by atoms with Gasteiger partial charge in [-0.25, -0.2) is 0 Å². The van der Waals surface area contributed by atoms with Crippen molar-refractivity contribution in [1.82, 2.24) is 0 Å². The lowest BCUT2D eigenvalue weighted by molar-refractivity contribution is -0.328. The van der Waals surface area contributed by atoms with E-state index < -0.39 is 91.4 Å². The summed E-state index contributed by atoms with van der Waals surface area (Å²) < 4.78 is 49.0. The van der Waals surface area contributed by atoms with Crippen molar-refractivity contribution in [2.24, 2.45) is 0 Å². The number of hydrogen-bond acceptors (Lipinski definition) is 15. The van der Waals surface area contributed by atoms with Crippen molar-refractivity contribution >= 4 is 35.8 Å². The summed E-state index contributed by atoms with van der Waals surface area (Å²) in [7, 11) is 0. The zero-order valence-electron chi connectivity index (χ0n) is 22.3. The largest absolute Gasteiger partial charge is 0.492 e. The molecular weight excluding hydrogens is 528 g/mol. The molecule has 15 heteroatoms. The van der Waals surface area contributed by atoms with Gasteiger partial charge in [-0.2, -0.15) is 0 Å². The molecule has 0 bridgehead atoms. The predicted octanol–water partition coefficient (Wildman–Crippen LogP) is -0.138. The van der Waals surface area contributed by atoms with Crippen LogP contribution in [-0.2, 0) is 71.4 Å². The van der Waals surface area contributed by atoms with Crippen LogP contribution >= 0.6 is 0 Å². The van der Waals surface area contributed by atoms with Crippen molar-refractivity contribution in [2.75, 3.05) is 13.2 Å². The molecule has 0 amide bonds. The summed E-state index contributed by atoms with van der Waals surface area (Å²) in [5.74, 6) is -4.43. The Morgan fingerprint density at radius 1 is 0.590 bits per heavy atom. The van der Waals surface area contributed by atoms with Gasteiger partial charge in [0.2, 0.25) is 0 Å². The second-order valence-electron chi connectivity index (χ2n) is 8.55. The molecule has 2 aliphatic heterocycles. The minimum absolute atomic E-state index is 0.326. The fraction of sp³-hybridized carbons (Fsp3) is 0.667. The second kappa shape index (κ2) is 14.4. The summed E-state index contributed by atoms with van der Waals surface area (Å²) in [5, 5.41) is 0. The van der Waals surface area contributed by atoms with Crippen LogP contribution in [0.1, 0.15) is 41.5 Å². The molecule has 15 nitrogen and oxygen atoms in total. The van der Waals surface area contributed by atoms with E-state index in [0.717, 1.165) is 34.6 Å². The highest BCUT2D eigenvalue weighted by Gasteiger charge is 2.54. The van der Waals surface area contributed by atoms with Crippen molar-refractivity contribution in [1.29, 1.82) is 0 Å². The molecule has 0 radical (unpaired) electrons. The van der Waals surface area contributed by atoms with Crippen LogP contribution in [0, 0.1) is 0 Å². The first-order valence-electron chi connectivity index (χ1n) is 11.9. The zero-order chi connectivity index (χ0) is 29.3. The van der Waals surface area contributed by atoms with Crippen LogP contribution in [0.3, 0.4) is 0 Å². The van der Waals surface area contributed by atoms with E-state index in [1.165, 1.54) is 19.3 Å². The molecule has 0 unspecified atom stereocenters. The smallest absolute Gasteiger partial charge is 0.303 e. The topological polar surface area (TPSA) is 185 Å². The van der Waals surface area contributed by atoms with Crippen LogP contribution in [0.25, 0.3) is 0 Å². The van der Waals surface area contributed by atoms with E-state index in [4.69, 9.17) is 42.6 Å². The summed E-state index contributed by atoms with van der Waals surface area (Å²) in [6.45, 7) is 5.92. The molecule has 2 aliphatic rings. The van der Waals surface area contributed by atoms with E-state index >= 15 is 0 Å². The Morgan fingerprint density at radius 3 is 1.59 bits per heavy atom. The average Bonchev–Trinajstić information content (AvgIpc) is 2.80. The van der Waals surface area contributed by atoms with E-state index in [-0.39, 0.29) is 6.61 Å². The molecule has 218 valence electrons. The molecule has 2 heterocycles. The number of esters is 6. The third-order valence-electron chi connectivity index (χ3n) is 5.20. The highest BCUT2D eigenvalue weighted by molar-refractivity contribution is 5.69. The molecule has 1 saturated heterocycles. The molecule has 0 aromatic heterocycles. The third-order valence-corrected chi connectivity index (χ3v) is 5.20. The van der Waals surface area contributed by atoms with Gasteiger partial charge in [0.1, 0.15) is 25.4 Å². The fourth-order valence-electron chi connectivity index (χ4n) is 3.87. The molecule has 0 spiro atoms. The Labute approximate surface area is 223 Å².